The molecule has 0 saturated carbocycles. The maximum atomic E-state index is 12.2. The molecule has 2 aromatic carbocycles. The van der Waals surface area contributed by atoms with Gasteiger partial charge in [0.2, 0.25) is 0 Å². The molecule has 0 heterocycles. The first kappa shape index (κ1) is 18.1. The average molecular weight is 348 g/mol. The molecule has 0 bridgehead atoms. The molecular weight excluding hydrogens is 328 g/mol. The van der Waals surface area contributed by atoms with Crippen molar-refractivity contribution in [2.24, 2.45) is 0 Å². The molecule has 2 aromatic rings. The molecule has 0 atom stereocenters. The molecule has 0 aliphatic rings. The number of carbonyl (C=O) groups is 1. The molecule has 6 nitrogen and oxygen atoms in total. The Morgan fingerprint density at radius 3 is 2.42 bits per heavy atom. The smallest absolute Gasteiger partial charge is 0.264 e. The van der Waals surface area contributed by atoms with Gasteiger partial charge in [-0.2, -0.15) is 0 Å². The molecule has 2 rings (SSSR count). The van der Waals surface area contributed by atoms with E-state index in [0.29, 0.717) is 12.1 Å². The van der Waals surface area contributed by atoms with Crippen molar-refractivity contribution in [1.82, 2.24) is 9.79 Å². The van der Waals surface area contributed by atoms with Gasteiger partial charge in [0.15, 0.2) is 0 Å². The lowest BCUT2D eigenvalue weighted by atomic mass is 10.1. The molecule has 0 fully saturated rings. The summed E-state index contributed by atoms with van der Waals surface area (Å²) in [6, 6.07) is 13.6. The van der Waals surface area contributed by atoms with Crippen molar-refractivity contribution >= 4 is 15.9 Å². The van der Waals surface area contributed by atoms with Crippen LogP contribution >= 0.6 is 0 Å². The minimum absolute atomic E-state index is 0.0575. The van der Waals surface area contributed by atoms with E-state index in [1.165, 1.54) is 38.4 Å². The van der Waals surface area contributed by atoms with Gasteiger partial charge in [0, 0.05) is 19.2 Å². The van der Waals surface area contributed by atoms with Gasteiger partial charge >= 0.3 is 0 Å². The summed E-state index contributed by atoms with van der Waals surface area (Å²) in [4.78, 5) is 16.9. The van der Waals surface area contributed by atoms with Gasteiger partial charge < -0.3 is 5.32 Å². The Balaban J connectivity index is 2.06. The van der Waals surface area contributed by atoms with Crippen LogP contribution in [0.1, 0.15) is 21.5 Å². The average Bonchev–Trinajstić information content (AvgIpc) is 2.59. The highest BCUT2D eigenvalue weighted by molar-refractivity contribution is 7.89. The lowest BCUT2D eigenvalue weighted by molar-refractivity contribution is -0.0258. The molecule has 0 aromatic heterocycles. The molecule has 0 aliphatic heterocycles. The van der Waals surface area contributed by atoms with Crippen molar-refractivity contribution in [3.05, 3.63) is 65.2 Å². The molecule has 0 saturated heterocycles. The normalized spacial score (nSPS) is 11.5. The second-order valence-corrected chi connectivity index (χ2v) is 7.23. The fourth-order valence-electron chi connectivity index (χ4n) is 2.13. The number of aryl methyl sites for hydroxylation is 1. The molecule has 128 valence electrons. The monoisotopic (exact) mass is 348 g/mol. The molecule has 1 N–H and O–H groups in total. The van der Waals surface area contributed by atoms with Gasteiger partial charge in [-0.3, -0.25) is 9.63 Å². The van der Waals surface area contributed by atoms with Crippen LogP contribution in [0.2, 0.25) is 0 Å². The molecule has 7 heteroatoms. The van der Waals surface area contributed by atoms with Gasteiger partial charge in [0.25, 0.3) is 15.9 Å². The number of rotatable bonds is 6. The highest BCUT2D eigenvalue weighted by atomic mass is 32.2. The Morgan fingerprint density at radius 1 is 1.17 bits per heavy atom. The number of nitrogens with zero attached hydrogens (tertiary/aromatic N) is 1. The molecule has 0 aliphatic carbocycles. The van der Waals surface area contributed by atoms with Gasteiger partial charge in [-0.25, -0.2) is 8.42 Å². The number of nitrogens with one attached hydrogen (secondary N) is 1. The molecule has 0 radical (unpaired) electrons. The van der Waals surface area contributed by atoms with E-state index in [0.717, 1.165) is 15.6 Å². The van der Waals surface area contributed by atoms with Gasteiger partial charge in [-0.05, 0) is 36.8 Å². The van der Waals surface area contributed by atoms with Crippen LogP contribution in [0.3, 0.4) is 0 Å². The standard InChI is InChI=1S/C17H20N2O4S/c1-13-5-4-6-14(11-13)12-18-17(20)15-7-9-16(10-8-15)24(21,22)19(2)23-3/h4-11H,12H2,1-3H3,(H,18,20). The van der Waals surface area contributed by atoms with Crippen LogP contribution in [-0.2, 0) is 21.4 Å². The fourth-order valence-corrected chi connectivity index (χ4v) is 3.10. The van der Waals surface area contributed by atoms with Crippen molar-refractivity contribution in [3.63, 3.8) is 0 Å². The second kappa shape index (κ2) is 7.57. The SMILES string of the molecule is CON(C)S(=O)(=O)c1ccc(C(=O)NCc2cccc(C)c2)cc1. The Hall–Kier alpha value is -2.22. The summed E-state index contributed by atoms with van der Waals surface area (Å²) in [5.74, 6) is -0.263. The Labute approximate surface area is 142 Å². The number of hydrogen-bond acceptors (Lipinski definition) is 4. The minimum Gasteiger partial charge on any atom is -0.348 e. The highest BCUT2D eigenvalue weighted by Crippen LogP contribution is 2.15. The second-order valence-electron chi connectivity index (χ2n) is 5.29. The lowest BCUT2D eigenvalue weighted by Crippen LogP contribution is -2.26. The largest absolute Gasteiger partial charge is 0.348 e. The van der Waals surface area contributed by atoms with E-state index >= 15 is 0 Å². The van der Waals surface area contributed by atoms with Gasteiger partial charge in [0.1, 0.15) is 0 Å². The van der Waals surface area contributed by atoms with Crippen molar-refractivity contribution < 1.29 is 18.0 Å². The van der Waals surface area contributed by atoms with Crippen LogP contribution in [-0.4, -0.2) is 33.0 Å². The molecule has 0 unspecified atom stereocenters. The topological polar surface area (TPSA) is 75.7 Å². The zero-order chi connectivity index (χ0) is 17.7. The van der Waals surface area contributed by atoms with Crippen LogP contribution in [0.15, 0.2) is 53.4 Å². The molecule has 1 amide bonds. The van der Waals surface area contributed by atoms with E-state index < -0.39 is 10.0 Å². The van der Waals surface area contributed by atoms with E-state index in [1.54, 1.807) is 0 Å². The summed E-state index contributed by atoms with van der Waals surface area (Å²) in [7, 11) is -1.14. The molecular formula is C17H20N2O4S. The van der Waals surface area contributed by atoms with Crippen molar-refractivity contribution in [2.45, 2.75) is 18.4 Å². The number of carbonyl (C=O) groups excluding carboxylic acids is 1. The first-order chi connectivity index (χ1) is 11.3. The van der Waals surface area contributed by atoms with Crippen LogP contribution < -0.4 is 5.32 Å². The third-order valence-corrected chi connectivity index (χ3v) is 5.24. The van der Waals surface area contributed by atoms with Crippen LogP contribution in [0.5, 0.6) is 0 Å². The lowest BCUT2D eigenvalue weighted by Gasteiger charge is -2.14. The van der Waals surface area contributed by atoms with Crippen LogP contribution in [0.25, 0.3) is 0 Å². The summed E-state index contributed by atoms with van der Waals surface area (Å²) in [6.07, 6.45) is 0. The van der Waals surface area contributed by atoms with E-state index in [1.807, 2.05) is 31.2 Å². The highest BCUT2D eigenvalue weighted by Gasteiger charge is 2.20. The van der Waals surface area contributed by atoms with Crippen molar-refractivity contribution in [1.29, 1.82) is 0 Å². The van der Waals surface area contributed by atoms with Gasteiger partial charge in [-0.15, -0.1) is 0 Å². The van der Waals surface area contributed by atoms with Crippen molar-refractivity contribution in [2.75, 3.05) is 14.2 Å². The third kappa shape index (κ3) is 4.19. The molecule has 0 spiro atoms. The predicted molar refractivity (Wildman–Crippen MR) is 90.7 cm³/mol. The zero-order valence-electron chi connectivity index (χ0n) is 13.8. The summed E-state index contributed by atoms with van der Waals surface area (Å²) in [5.41, 5.74) is 2.52. The number of amides is 1. The number of sulfonamides is 1. The van der Waals surface area contributed by atoms with Gasteiger partial charge in [-0.1, -0.05) is 34.3 Å². The number of hydrogen-bond donors (Lipinski definition) is 1. The van der Waals surface area contributed by atoms with E-state index in [4.69, 9.17) is 4.84 Å². The number of hydroxylamine groups is 1. The minimum atomic E-state index is -3.71. The maximum absolute atomic E-state index is 12.2. The Morgan fingerprint density at radius 2 is 1.83 bits per heavy atom. The zero-order valence-corrected chi connectivity index (χ0v) is 14.6. The Bertz CT molecular complexity index is 817. The first-order valence-electron chi connectivity index (χ1n) is 7.31. The van der Waals surface area contributed by atoms with Crippen LogP contribution in [0.4, 0.5) is 0 Å². The summed E-state index contributed by atoms with van der Waals surface area (Å²) in [6.45, 7) is 2.40. The third-order valence-electron chi connectivity index (χ3n) is 3.55. The fraction of sp³-hybridized carbons (Fsp3) is 0.235. The van der Waals surface area contributed by atoms with E-state index in [9.17, 15) is 13.2 Å². The van der Waals surface area contributed by atoms with E-state index in [-0.39, 0.29) is 10.8 Å². The maximum Gasteiger partial charge on any atom is 0.264 e. The molecule has 24 heavy (non-hydrogen) atoms. The first-order valence-corrected chi connectivity index (χ1v) is 8.75. The predicted octanol–water partition coefficient (Wildman–Crippen LogP) is 2.11. The van der Waals surface area contributed by atoms with Gasteiger partial charge in [0.05, 0.1) is 12.0 Å². The summed E-state index contributed by atoms with van der Waals surface area (Å²) < 4.78 is 24.9. The Kier molecular flexibility index (Phi) is 5.71. The summed E-state index contributed by atoms with van der Waals surface area (Å²) >= 11 is 0. The number of benzene rings is 2. The van der Waals surface area contributed by atoms with Crippen LogP contribution in [0, 0.1) is 6.92 Å². The van der Waals surface area contributed by atoms with E-state index in [2.05, 4.69) is 5.32 Å². The summed E-state index contributed by atoms with van der Waals surface area (Å²) in [5, 5.41) is 2.81. The quantitative estimate of drug-likeness (QED) is 0.811. The van der Waals surface area contributed by atoms with Crippen molar-refractivity contribution in [3.8, 4) is 0 Å².